The molecule has 4 rings (SSSR count). The summed E-state index contributed by atoms with van der Waals surface area (Å²) in [4.78, 5) is 20.9. The minimum atomic E-state index is 0.106. The molecular formula is C21H21ClN4O3. The molecule has 0 atom stereocenters. The largest absolute Gasteiger partial charge is 0.497 e. The molecule has 1 aliphatic rings. The maximum atomic E-state index is 12.6. The quantitative estimate of drug-likeness (QED) is 0.640. The SMILES string of the molecule is COc1cccc(-c2noc(N3CCN(C(=O)Cc4ccc(Cl)cc4)CC3)n2)c1. The molecule has 29 heavy (non-hydrogen) atoms. The summed E-state index contributed by atoms with van der Waals surface area (Å²) in [5.41, 5.74) is 1.79. The van der Waals surface area contributed by atoms with E-state index in [0.29, 0.717) is 49.5 Å². The Morgan fingerprint density at radius 2 is 1.90 bits per heavy atom. The van der Waals surface area contributed by atoms with Crippen LogP contribution in [0.15, 0.2) is 53.1 Å². The molecule has 1 aliphatic heterocycles. The number of hydrogen-bond donors (Lipinski definition) is 0. The molecule has 0 radical (unpaired) electrons. The highest BCUT2D eigenvalue weighted by atomic mass is 35.5. The van der Waals surface area contributed by atoms with Gasteiger partial charge in [-0.05, 0) is 29.8 Å². The van der Waals surface area contributed by atoms with E-state index in [0.717, 1.165) is 16.9 Å². The molecule has 2 aromatic carbocycles. The fourth-order valence-electron chi connectivity index (χ4n) is 3.26. The average molecular weight is 413 g/mol. The van der Waals surface area contributed by atoms with Crippen LogP contribution in [0, 0.1) is 0 Å². The molecule has 1 aromatic heterocycles. The van der Waals surface area contributed by atoms with Crippen molar-refractivity contribution in [3.8, 4) is 17.1 Å². The molecule has 3 aromatic rings. The normalized spacial score (nSPS) is 14.1. The highest BCUT2D eigenvalue weighted by molar-refractivity contribution is 6.30. The average Bonchev–Trinajstić information content (AvgIpc) is 3.26. The first kappa shape index (κ1) is 19.3. The van der Waals surface area contributed by atoms with Crippen molar-refractivity contribution in [2.75, 3.05) is 38.2 Å². The van der Waals surface area contributed by atoms with Gasteiger partial charge in [0.1, 0.15) is 5.75 Å². The van der Waals surface area contributed by atoms with Crippen molar-refractivity contribution in [3.63, 3.8) is 0 Å². The van der Waals surface area contributed by atoms with E-state index < -0.39 is 0 Å². The number of amides is 1. The molecular weight excluding hydrogens is 392 g/mol. The second-order valence-electron chi connectivity index (χ2n) is 6.80. The fourth-order valence-corrected chi connectivity index (χ4v) is 3.39. The van der Waals surface area contributed by atoms with Gasteiger partial charge < -0.3 is 19.1 Å². The summed E-state index contributed by atoms with van der Waals surface area (Å²) in [6.07, 6.45) is 0.373. The Balaban J connectivity index is 1.35. The lowest BCUT2D eigenvalue weighted by atomic mass is 10.1. The summed E-state index contributed by atoms with van der Waals surface area (Å²) in [7, 11) is 1.62. The number of carbonyl (C=O) groups excluding carboxylic acids is 1. The monoisotopic (exact) mass is 412 g/mol. The van der Waals surface area contributed by atoms with Gasteiger partial charge in [-0.2, -0.15) is 4.98 Å². The number of piperazine rings is 1. The van der Waals surface area contributed by atoms with E-state index in [-0.39, 0.29) is 5.91 Å². The maximum Gasteiger partial charge on any atom is 0.324 e. The molecule has 0 saturated carbocycles. The predicted molar refractivity (Wildman–Crippen MR) is 110 cm³/mol. The molecule has 0 bridgehead atoms. The standard InChI is InChI=1S/C21H21ClN4O3/c1-28-18-4-2-3-16(14-18)20-23-21(29-24-20)26-11-9-25(10-12-26)19(27)13-15-5-7-17(22)8-6-15/h2-8,14H,9-13H2,1H3. The van der Waals surface area contributed by atoms with Crippen LogP contribution in [0.3, 0.4) is 0 Å². The minimum absolute atomic E-state index is 0.106. The van der Waals surface area contributed by atoms with Crippen LogP contribution in [-0.4, -0.2) is 54.2 Å². The minimum Gasteiger partial charge on any atom is -0.497 e. The van der Waals surface area contributed by atoms with E-state index in [1.54, 1.807) is 19.2 Å². The Kier molecular flexibility index (Phi) is 5.67. The molecule has 8 heteroatoms. The summed E-state index contributed by atoms with van der Waals surface area (Å²) in [6, 6.07) is 15.4. The van der Waals surface area contributed by atoms with Crippen molar-refractivity contribution in [1.82, 2.24) is 15.0 Å². The molecule has 1 fully saturated rings. The van der Waals surface area contributed by atoms with Gasteiger partial charge in [-0.25, -0.2) is 0 Å². The molecule has 1 saturated heterocycles. The van der Waals surface area contributed by atoms with Gasteiger partial charge in [0.05, 0.1) is 13.5 Å². The van der Waals surface area contributed by atoms with Crippen molar-refractivity contribution in [1.29, 1.82) is 0 Å². The molecule has 0 aliphatic carbocycles. The van der Waals surface area contributed by atoms with Gasteiger partial charge in [-0.1, -0.05) is 41.0 Å². The number of carbonyl (C=O) groups is 1. The second kappa shape index (κ2) is 8.53. The molecule has 0 spiro atoms. The van der Waals surface area contributed by atoms with Crippen LogP contribution < -0.4 is 9.64 Å². The third kappa shape index (κ3) is 4.51. The van der Waals surface area contributed by atoms with E-state index in [2.05, 4.69) is 10.1 Å². The fraction of sp³-hybridized carbons (Fsp3) is 0.286. The van der Waals surface area contributed by atoms with Crippen molar-refractivity contribution in [2.45, 2.75) is 6.42 Å². The van der Waals surface area contributed by atoms with Crippen molar-refractivity contribution >= 4 is 23.5 Å². The zero-order valence-corrected chi connectivity index (χ0v) is 16.8. The number of methoxy groups -OCH3 is 1. The van der Waals surface area contributed by atoms with Crippen LogP contribution in [0.2, 0.25) is 5.02 Å². The lowest BCUT2D eigenvalue weighted by Crippen LogP contribution is -2.49. The number of rotatable bonds is 5. The highest BCUT2D eigenvalue weighted by Gasteiger charge is 2.24. The molecule has 1 amide bonds. The topological polar surface area (TPSA) is 71.7 Å². The molecule has 150 valence electrons. The number of ether oxygens (including phenoxy) is 1. The summed E-state index contributed by atoms with van der Waals surface area (Å²) >= 11 is 5.90. The Hall–Kier alpha value is -3.06. The third-order valence-corrected chi connectivity index (χ3v) is 5.17. The number of hydrogen-bond acceptors (Lipinski definition) is 6. The van der Waals surface area contributed by atoms with Crippen LogP contribution >= 0.6 is 11.6 Å². The van der Waals surface area contributed by atoms with Crippen molar-refractivity contribution in [3.05, 3.63) is 59.1 Å². The predicted octanol–water partition coefficient (Wildman–Crippen LogP) is 3.29. The van der Waals surface area contributed by atoms with Gasteiger partial charge in [0.2, 0.25) is 11.7 Å². The van der Waals surface area contributed by atoms with Crippen LogP contribution in [0.4, 0.5) is 6.01 Å². The van der Waals surface area contributed by atoms with E-state index >= 15 is 0 Å². The van der Waals surface area contributed by atoms with E-state index in [1.807, 2.05) is 46.2 Å². The molecule has 2 heterocycles. The van der Waals surface area contributed by atoms with Crippen LogP contribution in [-0.2, 0) is 11.2 Å². The van der Waals surface area contributed by atoms with Gasteiger partial charge in [-0.15, -0.1) is 0 Å². The molecule has 0 unspecified atom stereocenters. The smallest absolute Gasteiger partial charge is 0.324 e. The summed E-state index contributed by atoms with van der Waals surface area (Å²) in [5.74, 6) is 1.36. The Morgan fingerprint density at radius 3 is 2.62 bits per heavy atom. The summed E-state index contributed by atoms with van der Waals surface area (Å²) in [5, 5.41) is 4.75. The van der Waals surface area contributed by atoms with Crippen LogP contribution in [0.25, 0.3) is 11.4 Å². The second-order valence-corrected chi connectivity index (χ2v) is 7.24. The van der Waals surface area contributed by atoms with Crippen LogP contribution in [0.5, 0.6) is 5.75 Å². The van der Waals surface area contributed by atoms with E-state index in [1.165, 1.54) is 0 Å². The van der Waals surface area contributed by atoms with Crippen molar-refractivity contribution < 1.29 is 14.1 Å². The van der Waals surface area contributed by atoms with Gasteiger partial charge in [-0.3, -0.25) is 4.79 Å². The first-order valence-electron chi connectivity index (χ1n) is 9.37. The lowest BCUT2D eigenvalue weighted by molar-refractivity contribution is -0.130. The third-order valence-electron chi connectivity index (χ3n) is 4.91. The van der Waals surface area contributed by atoms with E-state index in [4.69, 9.17) is 20.9 Å². The number of halogens is 1. The van der Waals surface area contributed by atoms with Crippen molar-refractivity contribution in [2.24, 2.45) is 0 Å². The maximum absolute atomic E-state index is 12.6. The number of anilines is 1. The van der Waals surface area contributed by atoms with Gasteiger partial charge in [0.25, 0.3) is 0 Å². The lowest BCUT2D eigenvalue weighted by Gasteiger charge is -2.33. The van der Waals surface area contributed by atoms with Gasteiger partial charge in [0.15, 0.2) is 0 Å². The number of benzene rings is 2. The zero-order chi connectivity index (χ0) is 20.2. The summed E-state index contributed by atoms with van der Waals surface area (Å²) < 4.78 is 10.7. The molecule has 7 nitrogen and oxygen atoms in total. The Morgan fingerprint density at radius 1 is 1.14 bits per heavy atom. The van der Waals surface area contributed by atoms with Gasteiger partial charge in [0, 0.05) is 36.8 Å². The zero-order valence-electron chi connectivity index (χ0n) is 16.0. The molecule has 0 N–H and O–H groups in total. The Labute approximate surface area is 173 Å². The van der Waals surface area contributed by atoms with Crippen LogP contribution in [0.1, 0.15) is 5.56 Å². The summed E-state index contributed by atoms with van der Waals surface area (Å²) in [6.45, 7) is 2.52. The van der Waals surface area contributed by atoms with E-state index in [9.17, 15) is 4.79 Å². The number of nitrogens with zero attached hydrogens (tertiary/aromatic N) is 4. The highest BCUT2D eigenvalue weighted by Crippen LogP contribution is 2.24. The first-order chi connectivity index (χ1) is 14.1. The number of aromatic nitrogens is 2. The van der Waals surface area contributed by atoms with Gasteiger partial charge >= 0.3 is 6.01 Å². The Bertz CT molecular complexity index is 982. The first-order valence-corrected chi connectivity index (χ1v) is 9.75.